The second-order valence-electron chi connectivity index (χ2n) is 5.72. The molecule has 141 valence electrons. The van der Waals surface area contributed by atoms with Gasteiger partial charge in [-0.05, 0) is 36.1 Å². The van der Waals surface area contributed by atoms with E-state index in [2.05, 4.69) is 5.32 Å². The fourth-order valence-corrected chi connectivity index (χ4v) is 2.26. The molecule has 4 N–H and O–H groups in total. The highest BCUT2D eigenvalue weighted by Gasteiger charge is 2.06. The van der Waals surface area contributed by atoms with Gasteiger partial charge in [-0.2, -0.15) is 0 Å². The van der Waals surface area contributed by atoms with Crippen LogP contribution in [0.4, 0.5) is 0 Å². The van der Waals surface area contributed by atoms with Gasteiger partial charge in [-0.15, -0.1) is 0 Å². The molecule has 0 atom stereocenters. The molecule has 2 aromatic rings. The van der Waals surface area contributed by atoms with E-state index in [0.717, 1.165) is 11.1 Å². The maximum absolute atomic E-state index is 12.2. The van der Waals surface area contributed by atoms with E-state index >= 15 is 0 Å². The van der Waals surface area contributed by atoms with Crippen molar-refractivity contribution in [3.05, 3.63) is 65.2 Å². The Morgan fingerprint density at radius 1 is 1.04 bits per heavy atom. The molecule has 0 unspecified atom stereocenters. The Balaban J connectivity index is 1.78. The minimum Gasteiger partial charge on any atom is -0.493 e. The summed E-state index contributed by atoms with van der Waals surface area (Å²) in [5.74, 6) is -0.466. The van der Waals surface area contributed by atoms with Crippen LogP contribution in [0.5, 0.6) is 5.75 Å². The third-order valence-electron chi connectivity index (χ3n) is 3.71. The van der Waals surface area contributed by atoms with Gasteiger partial charge in [0.25, 0.3) is 13.4 Å². The molecule has 1 amide bonds. The van der Waals surface area contributed by atoms with Gasteiger partial charge in [0.15, 0.2) is 0 Å². The predicted molar refractivity (Wildman–Crippen MR) is 101 cm³/mol. The molecule has 2 rings (SSSR count). The van der Waals surface area contributed by atoms with E-state index in [0.29, 0.717) is 24.2 Å². The van der Waals surface area contributed by atoms with Crippen molar-refractivity contribution in [1.29, 1.82) is 0 Å². The molecule has 7 nitrogen and oxygen atoms in total. The third-order valence-corrected chi connectivity index (χ3v) is 3.71. The molecule has 0 aromatic heterocycles. The number of hydrogen-bond acceptors (Lipinski definition) is 5. The molecule has 0 aliphatic rings. The van der Waals surface area contributed by atoms with Gasteiger partial charge in [0.2, 0.25) is 0 Å². The number of hydrogen-bond donors (Lipinski definition) is 3. The number of carbonyl (C=O) groups is 2. The maximum Gasteiger partial charge on any atom is 0.306 e. The minimum atomic E-state index is -0.899. The zero-order valence-electron chi connectivity index (χ0n) is 14.9. The van der Waals surface area contributed by atoms with E-state index in [1.54, 1.807) is 31.7 Å². The van der Waals surface area contributed by atoms with Crippen LogP contribution in [0.3, 0.4) is 0 Å². The quantitative estimate of drug-likeness (QED) is 0.315. The molecule has 0 bridgehead atoms. The highest BCUT2D eigenvalue weighted by Crippen LogP contribution is 2.13. The Labute approximate surface area is 158 Å². The van der Waals surface area contributed by atoms with Gasteiger partial charge >= 0.3 is 5.97 Å². The molecule has 0 aliphatic carbocycles. The summed E-state index contributed by atoms with van der Waals surface area (Å²) in [6.45, 7) is 0.654. The number of ether oxygens (including phenoxy) is 1. The van der Waals surface area contributed by atoms with Gasteiger partial charge in [0.1, 0.15) is 5.75 Å². The van der Waals surface area contributed by atoms with Crippen molar-refractivity contribution in [3.8, 4) is 5.75 Å². The number of rotatable bonds is 11. The molecule has 1 radical (unpaired) electrons. The zero-order valence-corrected chi connectivity index (χ0v) is 14.9. The monoisotopic (exact) mass is 369 g/mol. The molecule has 27 heavy (non-hydrogen) atoms. The van der Waals surface area contributed by atoms with Crippen molar-refractivity contribution in [2.45, 2.75) is 19.3 Å². The van der Waals surface area contributed by atoms with Crippen molar-refractivity contribution in [1.82, 2.24) is 5.32 Å². The molecule has 0 spiro atoms. The lowest BCUT2D eigenvalue weighted by molar-refractivity contribution is -0.137. The normalized spacial score (nSPS) is 10.3. The lowest BCUT2D eigenvalue weighted by atomic mass is 9.89. The molecule has 0 fully saturated rings. The summed E-state index contributed by atoms with van der Waals surface area (Å²) in [5, 5.41) is 11.4. The predicted octanol–water partition coefficient (Wildman–Crippen LogP) is 1.52. The summed E-state index contributed by atoms with van der Waals surface area (Å²) < 4.78 is 10.3. The van der Waals surface area contributed by atoms with Crippen LogP contribution in [0.2, 0.25) is 0 Å². The van der Waals surface area contributed by atoms with Crippen molar-refractivity contribution >= 4 is 19.4 Å². The highest BCUT2D eigenvalue weighted by atomic mass is 16.5. The van der Waals surface area contributed by atoms with Crippen molar-refractivity contribution < 1.29 is 24.1 Å². The van der Waals surface area contributed by atoms with E-state index in [1.807, 2.05) is 24.3 Å². The topological polar surface area (TPSA) is 111 Å². The Morgan fingerprint density at radius 2 is 1.70 bits per heavy atom. The van der Waals surface area contributed by atoms with E-state index in [1.165, 1.54) is 0 Å². The van der Waals surface area contributed by atoms with Crippen LogP contribution in [0.15, 0.2) is 48.5 Å². The second-order valence-corrected chi connectivity index (χ2v) is 5.72. The number of amides is 1. The third kappa shape index (κ3) is 7.51. The summed E-state index contributed by atoms with van der Waals surface area (Å²) in [5.41, 5.74) is 7.76. The Hall–Kier alpha value is -2.84. The van der Waals surface area contributed by atoms with Crippen molar-refractivity contribution in [3.63, 3.8) is 0 Å². The van der Waals surface area contributed by atoms with Gasteiger partial charge in [0, 0.05) is 12.1 Å². The van der Waals surface area contributed by atoms with Gasteiger partial charge in [0.05, 0.1) is 19.8 Å². The van der Waals surface area contributed by atoms with E-state index in [-0.39, 0.29) is 25.7 Å². The highest BCUT2D eigenvalue weighted by molar-refractivity contribution is 6.26. The molecule has 0 heterocycles. The summed E-state index contributed by atoms with van der Waals surface area (Å²) in [6, 6.07) is 14.4. The van der Waals surface area contributed by atoms with Gasteiger partial charge in [-0.1, -0.05) is 29.8 Å². The fourth-order valence-electron chi connectivity index (χ4n) is 2.26. The first kappa shape index (κ1) is 20.5. The number of nitrogens with two attached hydrogens (primary N) is 1. The van der Waals surface area contributed by atoms with Crippen LogP contribution < -0.4 is 15.8 Å². The molecule has 2 aromatic carbocycles. The van der Waals surface area contributed by atoms with Crippen molar-refractivity contribution in [2.75, 3.05) is 13.3 Å². The lowest BCUT2D eigenvalue weighted by Gasteiger charge is -2.08. The lowest BCUT2D eigenvalue weighted by Crippen LogP contribution is -2.22. The number of carboxylic acids is 1. The van der Waals surface area contributed by atoms with Crippen LogP contribution in [-0.2, 0) is 22.3 Å². The Morgan fingerprint density at radius 3 is 2.33 bits per heavy atom. The van der Waals surface area contributed by atoms with Crippen molar-refractivity contribution in [2.24, 2.45) is 5.73 Å². The smallest absolute Gasteiger partial charge is 0.306 e. The van der Waals surface area contributed by atoms with Gasteiger partial charge in [-0.3, -0.25) is 9.59 Å². The number of aliphatic carboxylic acids is 1. The Kier molecular flexibility index (Phi) is 8.34. The fraction of sp³-hybridized carbons (Fsp3) is 0.263. The first-order valence-corrected chi connectivity index (χ1v) is 8.52. The first-order valence-electron chi connectivity index (χ1n) is 8.52. The second kappa shape index (κ2) is 11.0. The van der Waals surface area contributed by atoms with Gasteiger partial charge in [-0.25, -0.2) is 0 Å². The standard InChI is InChI=1S/C19H22BN2O5/c21-13-27-20-11-14-1-5-16(6-2-14)19(25)22-12-15-3-7-17(8-4-15)26-10-9-18(23)24/h1-8H,9-13,21H2,(H,22,25)(H,23,24). The van der Waals surface area contributed by atoms with E-state index in [4.69, 9.17) is 20.2 Å². The average molecular weight is 369 g/mol. The van der Waals surface area contributed by atoms with Crippen LogP contribution in [0, 0.1) is 0 Å². The summed E-state index contributed by atoms with van der Waals surface area (Å²) in [6.07, 6.45) is 0.578. The number of nitrogens with one attached hydrogen (secondary N) is 1. The van der Waals surface area contributed by atoms with E-state index in [9.17, 15) is 9.59 Å². The summed E-state index contributed by atoms with van der Waals surface area (Å²) in [7, 11) is 1.63. The molecule has 0 saturated carbocycles. The van der Waals surface area contributed by atoms with Crippen LogP contribution in [0.25, 0.3) is 0 Å². The molecular formula is C19H22BN2O5. The molecular weight excluding hydrogens is 347 g/mol. The maximum atomic E-state index is 12.2. The largest absolute Gasteiger partial charge is 0.493 e. The molecule has 8 heteroatoms. The molecule has 0 aliphatic heterocycles. The number of carboxylic acid groups (broad SMARTS) is 1. The summed E-state index contributed by atoms with van der Waals surface area (Å²) >= 11 is 0. The minimum absolute atomic E-state index is 0.0470. The van der Waals surface area contributed by atoms with E-state index < -0.39 is 5.97 Å². The Bertz CT molecular complexity index is 735. The SMILES string of the molecule is NCO[B]Cc1ccc(C(=O)NCc2ccc(OCCC(=O)O)cc2)cc1. The number of carbonyl (C=O) groups excluding carboxylic acids is 1. The van der Waals surface area contributed by atoms with Crippen LogP contribution in [0.1, 0.15) is 27.9 Å². The van der Waals surface area contributed by atoms with Crippen LogP contribution in [-0.4, -0.2) is 37.8 Å². The zero-order chi connectivity index (χ0) is 19.5. The molecule has 0 saturated heterocycles. The number of benzene rings is 2. The first-order chi connectivity index (χ1) is 13.1. The summed E-state index contributed by atoms with van der Waals surface area (Å²) in [4.78, 5) is 22.7. The van der Waals surface area contributed by atoms with Crippen LogP contribution >= 0.6 is 0 Å². The average Bonchev–Trinajstić information content (AvgIpc) is 2.67. The van der Waals surface area contributed by atoms with Gasteiger partial charge < -0.3 is 25.5 Å².